The number of fused-ring (bicyclic) bond motifs is 1. The molecular formula is C10H12N4O4. The number of hydrogen-bond donors (Lipinski definition) is 0. The van der Waals surface area contributed by atoms with Crippen LogP contribution < -0.4 is 11.2 Å². The van der Waals surface area contributed by atoms with Crippen molar-refractivity contribution in [2.24, 2.45) is 14.1 Å². The van der Waals surface area contributed by atoms with Gasteiger partial charge in [-0.15, -0.1) is 0 Å². The molecule has 2 heterocycles. The van der Waals surface area contributed by atoms with Gasteiger partial charge in [0.1, 0.15) is 12.2 Å². The number of nitrogens with zero attached hydrogens (tertiary/aromatic N) is 4. The summed E-state index contributed by atoms with van der Waals surface area (Å²) in [6.07, 6.45) is 1.34. The zero-order valence-corrected chi connectivity index (χ0v) is 10.2. The van der Waals surface area contributed by atoms with Gasteiger partial charge in [0.05, 0.1) is 13.4 Å². The maximum Gasteiger partial charge on any atom is 0.332 e. The minimum absolute atomic E-state index is 0.104. The first-order valence-corrected chi connectivity index (χ1v) is 5.15. The molecule has 0 amide bonds. The Labute approximate surface area is 101 Å². The van der Waals surface area contributed by atoms with Crippen LogP contribution in [0.1, 0.15) is 0 Å². The van der Waals surface area contributed by atoms with Crippen LogP contribution in [0.15, 0.2) is 15.9 Å². The molecule has 0 unspecified atom stereocenters. The first-order valence-electron chi connectivity index (χ1n) is 5.15. The Balaban J connectivity index is 2.78. The number of imidazole rings is 1. The van der Waals surface area contributed by atoms with E-state index in [0.29, 0.717) is 5.65 Å². The van der Waals surface area contributed by atoms with Crippen LogP contribution in [0, 0.1) is 0 Å². The van der Waals surface area contributed by atoms with Crippen molar-refractivity contribution < 1.29 is 9.53 Å². The van der Waals surface area contributed by atoms with E-state index in [4.69, 9.17) is 0 Å². The molecule has 18 heavy (non-hydrogen) atoms. The number of methoxy groups -OCH3 is 1. The Hall–Kier alpha value is -2.38. The standard InChI is InChI=1S/C10H12N4O4/c1-12-8-7(9(16)13(2)10(12)17)11-5-14(8)4-6(15)18-3/h5H,4H2,1-3H3. The lowest BCUT2D eigenvalue weighted by Crippen LogP contribution is -2.37. The average Bonchev–Trinajstić information content (AvgIpc) is 2.77. The third-order valence-corrected chi connectivity index (χ3v) is 2.74. The van der Waals surface area contributed by atoms with Gasteiger partial charge >= 0.3 is 11.7 Å². The molecule has 2 rings (SSSR count). The van der Waals surface area contributed by atoms with E-state index in [1.807, 2.05) is 0 Å². The maximum atomic E-state index is 11.8. The van der Waals surface area contributed by atoms with Gasteiger partial charge in [-0.2, -0.15) is 0 Å². The molecule has 0 radical (unpaired) electrons. The molecule has 2 aromatic heterocycles. The number of carbonyl (C=O) groups excluding carboxylic acids is 1. The molecule has 2 aromatic rings. The van der Waals surface area contributed by atoms with Crippen LogP contribution in [-0.4, -0.2) is 31.8 Å². The van der Waals surface area contributed by atoms with Crippen LogP contribution in [0.4, 0.5) is 0 Å². The SMILES string of the molecule is COC(=O)Cn1cnc2c(=O)n(C)c(=O)n(C)c21. The molecule has 0 aliphatic rings. The van der Waals surface area contributed by atoms with Crippen molar-refractivity contribution in [2.45, 2.75) is 6.54 Å². The summed E-state index contributed by atoms with van der Waals surface area (Å²) in [6, 6.07) is 0. The topological polar surface area (TPSA) is 88.1 Å². The van der Waals surface area contributed by atoms with Gasteiger partial charge in [-0.3, -0.25) is 18.7 Å². The van der Waals surface area contributed by atoms with Gasteiger partial charge in [0.15, 0.2) is 5.52 Å². The van der Waals surface area contributed by atoms with Crippen LogP contribution in [-0.2, 0) is 30.2 Å². The minimum Gasteiger partial charge on any atom is -0.468 e. The van der Waals surface area contributed by atoms with Crippen molar-refractivity contribution in [2.75, 3.05) is 7.11 Å². The number of ether oxygens (including phenoxy) is 1. The van der Waals surface area contributed by atoms with Gasteiger partial charge in [-0.05, 0) is 0 Å². The molecule has 96 valence electrons. The number of aryl methyl sites for hydroxylation is 1. The van der Waals surface area contributed by atoms with E-state index in [1.54, 1.807) is 0 Å². The van der Waals surface area contributed by atoms with E-state index in [9.17, 15) is 14.4 Å². The van der Waals surface area contributed by atoms with E-state index < -0.39 is 17.2 Å². The van der Waals surface area contributed by atoms with E-state index in [0.717, 1.165) is 4.57 Å². The van der Waals surface area contributed by atoms with Crippen LogP contribution in [0.2, 0.25) is 0 Å². The highest BCUT2D eigenvalue weighted by atomic mass is 16.5. The van der Waals surface area contributed by atoms with Gasteiger partial charge in [-0.25, -0.2) is 9.78 Å². The highest BCUT2D eigenvalue weighted by Crippen LogP contribution is 2.05. The fourth-order valence-corrected chi connectivity index (χ4v) is 1.76. The maximum absolute atomic E-state index is 11.8. The fourth-order valence-electron chi connectivity index (χ4n) is 1.76. The third kappa shape index (κ3) is 1.62. The number of rotatable bonds is 2. The normalized spacial score (nSPS) is 10.8. The molecule has 0 spiro atoms. The highest BCUT2D eigenvalue weighted by Gasteiger charge is 2.15. The number of aromatic nitrogens is 4. The lowest BCUT2D eigenvalue weighted by atomic mass is 10.5. The summed E-state index contributed by atoms with van der Waals surface area (Å²) in [5, 5.41) is 0. The molecule has 0 aromatic carbocycles. The van der Waals surface area contributed by atoms with E-state index in [2.05, 4.69) is 9.72 Å². The number of carbonyl (C=O) groups is 1. The monoisotopic (exact) mass is 252 g/mol. The van der Waals surface area contributed by atoms with E-state index in [-0.39, 0.29) is 12.1 Å². The van der Waals surface area contributed by atoms with Crippen molar-refractivity contribution in [3.8, 4) is 0 Å². The molecule has 0 aliphatic heterocycles. The predicted molar refractivity (Wildman–Crippen MR) is 62.2 cm³/mol. The van der Waals surface area contributed by atoms with Gasteiger partial charge in [0.25, 0.3) is 5.56 Å². The summed E-state index contributed by atoms with van der Waals surface area (Å²) in [7, 11) is 4.16. The van der Waals surface area contributed by atoms with Crippen molar-refractivity contribution in [1.29, 1.82) is 0 Å². The van der Waals surface area contributed by atoms with Gasteiger partial charge in [0.2, 0.25) is 0 Å². The molecule has 8 heteroatoms. The molecule has 0 saturated heterocycles. The van der Waals surface area contributed by atoms with Crippen LogP contribution in [0.25, 0.3) is 11.2 Å². The summed E-state index contributed by atoms with van der Waals surface area (Å²) in [5.41, 5.74) is -0.521. The predicted octanol–water partition coefficient (Wildman–Crippen LogP) is -1.39. The number of hydrogen-bond acceptors (Lipinski definition) is 5. The molecule has 8 nitrogen and oxygen atoms in total. The molecule has 0 saturated carbocycles. The summed E-state index contributed by atoms with van der Waals surface area (Å²) in [6.45, 7) is -0.104. The smallest absolute Gasteiger partial charge is 0.332 e. The summed E-state index contributed by atoms with van der Waals surface area (Å²) in [5.74, 6) is -0.484. The lowest BCUT2D eigenvalue weighted by Gasteiger charge is -2.07. The zero-order chi connectivity index (χ0) is 13.4. The van der Waals surface area contributed by atoms with E-state index in [1.165, 1.54) is 36.7 Å². The summed E-state index contributed by atoms with van der Waals surface area (Å²) >= 11 is 0. The second-order valence-corrected chi connectivity index (χ2v) is 3.83. The molecular weight excluding hydrogens is 240 g/mol. The van der Waals surface area contributed by atoms with Crippen molar-refractivity contribution >= 4 is 17.1 Å². The van der Waals surface area contributed by atoms with Crippen LogP contribution >= 0.6 is 0 Å². The zero-order valence-electron chi connectivity index (χ0n) is 10.2. The minimum atomic E-state index is -0.489. The summed E-state index contributed by atoms with van der Waals surface area (Å²) in [4.78, 5) is 38.8. The Morgan fingerprint density at radius 2 is 2.00 bits per heavy atom. The first kappa shape index (κ1) is 12.1. The Morgan fingerprint density at radius 3 is 2.61 bits per heavy atom. The highest BCUT2D eigenvalue weighted by molar-refractivity contribution is 5.74. The lowest BCUT2D eigenvalue weighted by molar-refractivity contribution is -0.141. The second kappa shape index (κ2) is 4.13. The fraction of sp³-hybridized carbons (Fsp3) is 0.400. The molecule has 0 aliphatic carbocycles. The summed E-state index contributed by atoms with van der Waals surface area (Å²) < 4.78 is 8.19. The first-order chi connectivity index (χ1) is 8.47. The van der Waals surface area contributed by atoms with Crippen molar-refractivity contribution in [3.63, 3.8) is 0 Å². The Morgan fingerprint density at radius 1 is 1.33 bits per heavy atom. The van der Waals surface area contributed by atoms with Crippen LogP contribution in [0.5, 0.6) is 0 Å². The average molecular weight is 252 g/mol. The molecule has 0 fully saturated rings. The second-order valence-electron chi connectivity index (χ2n) is 3.83. The molecule has 0 bridgehead atoms. The third-order valence-electron chi connectivity index (χ3n) is 2.74. The van der Waals surface area contributed by atoms with Crippen molar-refractivity contribution in [3.05, 3.63) is 27.2 Å². The molecule has 0 atom stereocenters. The number of esters is 1. The van der Waals surface area contributed by atoms with Gasteiger partial charge in [-0.1, -0.05) is 0 Å². The van der Waals surface area contributed by atoms with E-state index >= 15 is 0 Å². The van der Waals surface area contributed by atoms with Gasteiger partial charge < -0.3 is 9.30 Å². The Kier molecular flexibility index (Phi) is 2.77. The largest absolute Gasteiger partial charge is 0.468 e. The van der Waals surface area contributed by atoms with Crippen molar-refractivity contribution in [1.82, 2.24) is 18.7 Å². The molecule has 0 N–H and O–H groups in total. The van der Waals surface area contributed by atoms with Gasteiger partial charge in [0, 0.05) is 14.1 Å². The Bertz CT molecular complexity index is 737. The van der Waals surface area contributed by atoms with Crippen LogP contribution in [0.3, 0.4) is 0 Å². The quantitative estimate of drug-likeness (QED) is 0.614.